The van der Waals surface area contributed by atoms with Crippen molar-refractivity contribution in [3.63, 3.8) is 0 Å². The Morgan fingerprint density at radius 1 is 1.22 bits per heavy atom. The Kier molecular flexibility index (Phi) is 4.89. The number of hydrogen-bond acceptors (Lipinski definition) is 3. The summed E-state index contributed by atoms with van der Waals surface area (Å²) in [6.07, 6.45) is 1.37. The lowest BCUT2D eigenvalue weighted by Crippen LogP contribution is -2.38. The average molecular weight is 248 g/mol. The SMILES string of the molecule is CC(=O)N(C)[C@H](C=O)Cc1ccc(N(C)C)cc1. The van der Waals surface area contributed by atoms with Gasteiger partial charge in [0.2, 0.25) is 5.91 Å². The van der Waals surface area contributed by atoms with E-state index in [9.17, 15) is 9.59 Å². The number of likely N-dealkylation sites (N-methyl/N-ethyl adjacent to an activating group) is 1. The van der Waals surface area contributed by atoms with E-state index in [4.69, 9.17) is 0 Å². The maximum Gasteiger partial charge on any atom is 0.219 e. The van der Waals surface area contributed by atoms with Crippen LogP contribution >= 0.6 is 0 Å². The number of carbonyl (C=O) groups is 2. The maximum atomic E-state index is 11.2. The fourth-order valence-electron chi connectivity index (χ4n) is 1.68. The number of hydrogen-bond donors (Lipinski definition) is 0. The summed E-state index contributed by atoms with van der Waals surface area (Å²) in [5.41, 5.74) is 2.16. The van der Waals surface area contributed by atoms with Gasteiger partial charge < -0.3 is 14.6 Å². The third-order valence-electron chi connectivity index (χ3n) is 3.05. The highest BCUT2D eigenvalue weighted by molar-refractivity contribution is 5.77. The molecule has 0 aromatic heterocycles. The fourth-order valence-corrected chi connectivity index (χ4v) is 1.68. The highest BCUT2D eigenvalue weighted by atomic mass is 16.2. The first kappa shape index (κ1) is 14.2. The molecule has 0 N–H and O–H groups in total. The summed E-state index contributed by atoms with van der Waals surface area (Å²) in [5.74, 6) is -0.1000. The van der Waals surface area contributed by atoms with E-state index in [0.717, 1.165) is 17.5 Å². The number of benzene rings is 1. The predicted molar refractivity (Wildman–Crippen MR) is 72.8 cm³/mol. The van der Waals surface area contributed by atoms with Crippen LogP contribution in [0.25, 0.3) is 0 Å². The molecule has 0 unspecified atom stereocenters. The first-order valence-electron chi connectivity index (χ1n) is 5.90. The van der Waals surface area contributed by atoms with Crippen LogP contribution in [0.3, 0.4) is 0 Å². The van der Waals surface area contributed by atoms with E-state index in [1.165, 1.54) is 11.8 Å². The van der Waals surface area contributed by atoms with Crippen molar-refractivity contribution in [2.75, 3.05) is 26.0 Å². The van der Waals surface area contributed by atoms with Gasteiger partial charge in [-0.3, -0.25) is 4.79 Å². The Bertz CT molecular complexity index is 412. The minimum absolute atomic E-state index is 0.1000. The van der Waals surface area contributed by atoms with Gasteiger partial charge in [-0.15, -0.1) is 0 Å². The van der Waals surface area contributed by atoms with Crippen molar-refractivity contribution in [1.82, 2.24) is 4.90 Å². The molecule has 1 aromatic carbocycles. The molecule has 0 bridgehead atoms. The van der Waals surface area contributed by atoms with Crippen molar-refractivity contribution in [2.24, 2.45) is 0 Å². The van der Waals surface area contributed by atoms with Gasteiger partial charge in [0.25, 0.3) is 0 Å². The zero-order valence-electron chi connectivity index (χ0n) is 11.4. The number of nitrogens with zero attached hydrogens (tertiary/aromatic N) is 2. The highest BCUT2D eigenvalue weighted by Crippen LogP contribution is 2.14. The molecule has 1 atom stereocenters. The molecule has 4 nitrogen and oxygen atoms in total. The maximum absolute atomic E-state index is 11.2. The van der Waals surface area contributed by atoms with Crippen LogP contribution in [0.1, 0.15) is 12.5 Å². The molecule has 0 fully saturated rings. The van der Waals surface area contributed by atoms with Crippen LogP contribution in [0.2, 0.25) is 0 Å². The van der Waals surface area contributed by atoms with Crippen LogP contribution in [0.4, 0.5) is 5.69 Å². The number of amides is 1. The third-order valence-corrected chi connectivity index (χ3v) is 3.05. The normalized spacial score (nSPS) is 11.8. The quantitative estimate of drug-likeness (QED) is 0.738. The summed E-state index contributed by atoms with van der Waals surface area (Å²) >= 11 is 0. The van der Waals surface area contributed by atoms with Gasteiger partial charge in [-0.2, -0.15) is 0 Å². The van der Waals surface area contributed by atoms with Crippen molar-refractivity contribution < 1.29 is 9.59 Å². The van der Waals surface area contributed by atoms with E-state index in [-0.39, 0.29) is 5.91 Å². The molecule has 98 valence electrons. The molecular formula is C14H20N2O2. The molecule has 1 aromatic rings. The van der Waals surface area contributed by atoms with Gasteiger partial charge in [-0.1, -0.05) is 12.1 Å². The smallest absolute Gasteiger partial charge is 0.219 e. The van der Waals surface area contributed by atoms with Gasteiger partial charge in [0.1, 0.15) is 6.29 Å². The second-order valence-corrected chi connectivity index (χ2v) is 4.60. The van der Waals surface area contributed by atoms with E-state index in [1.54, 1.807) is 7.05 Å². The summed E-state index contributed by atoms with van der Waals surface area (Å²) in [7, 11) is 5.61. The van der Waals surface area contributed by atoms with E-state index in [1.807, 2.05) is 43.3 Å². The van der Waals surface area contributed by atoms with Crippen LogP contribution in [-0.4, -0.2) is 44.3 Å². The zero-order chi connectivity index (χ0) is 13.7. The van der Waals surface area contributed by atoms with Gasteiger partial charge in [0.05, 0.1) is 6.04 Å². The Labute approximate surface area is 108 Å². The van der Waals surface area contributed by atoms with Crippen LogP contribution in [0.5, 0.6) is 0 Å². The van der Waals surface area contributed by atoms with Gasteiger partial charge in [0.15, 0.2) is 0 Å². The molecule has 0 radical (unpaired) electrons. The molecule has 1 rings (SSSR count). The molecule has 0 saturated carbocycles. The topological polar surface area (TPSA) is 40.6 Å². The summed E-state index contributed by atoms with van der Waals surface area (Å²) in [6, 6.07) is 7.59. The minimum atomic E-state index is -0.396. The number of rotatable bonds is 5. The van der Waals surface area contributed by atoms with Crippen molar-refractivity contribution in [3.05, 3.63) is 29.8 Å². The summed E-state index contributed by atoms with van der Waals surface area (Å²) in [6.45, 7) is 1.46. The van der Waals surface area contributed by atoms with Crippen molar-refractivity contribution >= 4 is 17.9 Å². The molecule has 1 amide bonds. The molecule has 0 spiro atoms. The predicted octanol–water partition coefficient (Wildman–Crippen LogP) is 1.34. The monoisotopic (exact) mass is 248 g/mol. The van der Waals surface area contributed by atoms with Gasteiger partial charge in [-0.05, 0) is 24.1 Å². The van der Waals surface area contributed by atoms with Crippen molar-refractivity contribution in [3.8, 4) is 0 Å². The molecular weight excluding hydrogens is 228 g/mol. The fraction of sp³-hybridized carbons (Fsp3) is 0.429. The third kappa shape index (κ3) is 3.58. The molecule has 0 heterocycles. The Morgan fingerprint density at radius 3 is 2.17 bits per heavy atom. The van der Waals surface area contributed by atoms with E-state index in [2.05, 4.69) is 0 Å². The largest absolute Gasteiger partial charge is 0.378 e. The summed E-state index contributed by atoms with van der Waals surface area (Å²) in [4.78, 5) is 25.7. The first-order chi connectivity index (χ1) is 8.45. The molecule has 0 aliphatic carbocycles. The summed E-state index contributed by atoms with van der Waals surface area (Å²) < 4.78 is 0. The van der Waals surface area contributed by atoms with Gasteiger partial charge in [0, 0.05) is 33.8 Å². The number of anilines is 1. The highest BCUT2D eigenvalue weighted by Gasteiger charge is 2.16. The second-order valence-electron chi connectivity index (χ2n) is 4.60. The lowest BCUT2D eigenvalue weighted by atomic mass is 10.1. The van der Waals surface area contributed by atoms with Gasteiger partial charge in [-0.25, -0.2) is 0 Å². The molecule has 0 saturated heterocycles. The van der Waals surface area contributed by atoms with Crippen molar-refractivity contribution in [1.29, 1.82) is 0 Å². The van der Waals surface area contributed by atoms with Crippen LogP contribution < -0.4 is 4.90 Å². The van der Waals surface area contributed by atoms with E-state index < -0.39 is 6.04 Å². The number of aldehydes is 1. The Morgan fingerprint density at radius 2 is 1.78 bits per heavy atom. The first-order valence-corrected chi connectivity index (χ1v) is 5.90. The van der Waals surface area contributed by atoms with Crippen LogP contribution in [-0.2, 0) is 16.0 Å². The summed E-state index contributed by atoms with van der Waals surface area (Å²) in [5, 5.41) is 0. The van der Waals surface area contributed by atoms with Crippen molar-refractivity contribution in [2.45, 2.75) is 19.4 Å². The Hall–Kier alpha value is -1.84. The van der Waals surface area contributed by atoms with Crippen LogP contribution in [0.15, 0.2) is 24.3 Å². The van der Waals surface area contributed by atoms with E-state index in [0.29, 0.717) is 6.42 Å². The minimum Gasteiger partial charge on any atom is -0.378 e. The van der Waals surface area contributed by atoms with Gasteiger partial charge >= 0.3 is 0 Å². The lowest BCUT2D eigenvalue weighted by molar-refractivity contribution is -0.132. The molecule has 18 heavy (non-hydrogen) atoms. The number of carbonyl (C=O) groups excluding carboxylic acids is 2. The molecule has 0 aliphatic rings. The van der Waals surface area contributed by atoms with Crippen LogP contribution in [0, 0.1) is 0 Å². The second kappa shape index (κ2) is 6.19. The molecule has 0 aliphatic heterocycles. The van der Waals surface area contributed by atoms with E-state index >= 15 is 0 Å². The standard InChI is InChI=1S/C14H20N2O2/c1-11(18)16(4)14(10-17)9-12-5-7-13(8-6-12)15(2)3/h5-8,10,14H,9H2,1-4H3/t14-/m0/s1. The molecule has 4 heteroatoms. The Balaban J connectivity index is 2.76. The average Bonchev–Trinajstić information content (AvgIpc) is 2.35. The lowest BCUT2D eigenvalue weighted by Gasteiger charge is -2.22. The zero-order valence-corrected chi connectivity index (χ0v) is 11.4.